The van der Waals surface area contributed by atoms with Crippen LogP contribution in [0.2, 0.25) is 0 Å². The Bertz CT molecular complexity index is 1580. The summed E-state index contributed by atoms with van der Waals surface area (Å²) in [5.74, 6) is 0.888. The number of Topliss-reactive ketones (excluding diaryl/α,β-unsaturated/α-hetero) is 1. The summed E-state index contributed by atoms with van der Waals surface area (Å²) in [7, 11) is 1.57. The van der Waals surface area contributed by atoms with Crippen molar-refractivity contribution in [2.75, 3.05) is 24.4 Å². The smallest absolute Gasteiger partial charge is 0.262 e. The Kier molecular flexibility index (Phi) is 6.30. The number of rotatable bonds is 6. The van der Waals surface area contributed by atoms with Crippen LogP contribution >= 0.6 is 0 Å². The number of anilines is 2. The van der Waals surface area contributed by atoms with E-state index in [1.165, 1.54) is 0 Å². The normalized spacial score (nSPS) is 16.3. The number of nitrogens with one attached hydrogen (secondary N) is 2. The molecule has 6 rings (SSSR count). The number of benzene rings is 4. The van der Waals surface area contributed by atoms with Gasteiger partial charge in [0, 0.05) is 28.9 Å². The molecule has 1 heterocycles. The largest absolute Gasteiger partial charge is 0.493 e. The van der Waals surface area contributed by atoms with Gasteiger partial charge in [0.2, 0.25) is 0 Å². The number of ketones is 1. The van der Waals surface area contributed by atoms with E-state index in [1.807, 2.05) is 54.6 Å². The molecule has 38 heavy (non-hydrogen) atoms. The molecule has 6 heteroatoms. The number of allylic oxidation sites excluding steroid dienone is 1. The van der Waals surface area contributed by atoms with Crippen LogP contribution in [-0.2, 0) is 9.59 Å². The van der Waals surface area contributed by atoms with Crippen LogP contribution in [0.4, 0.5) is 11.4 Å². The summed E-state index contributed by atoms with van der Waals surface area (Å²) in [5.41, 5.74) is 5.75. The van der Waals surface area contributed by atoms with E-state index in [1.54, 1.807) is 13.2 Å². The van der Waals surface area contributed by atoms with Crippen LogP contribution < -0.4 is 20.1 Å². The van der Waals surface area contributed by atoms with Gasteiger partial charge < -0.3 is 20.1 Å². The highest BCUT2D eigenvalue weighted by Crippen LogP contribution is 2.48. The van der Waals surface area contributed by atoms with E-state index in [2.05, 4.69) is 34.9 Å². The van der Waals surface area contributed by atoms with Crippen LogP contribution in [0.25, 0.3) is 16.3 Å². The highest BCUT2D eigenvalue weighted by atomic mass is 16.5. The molecule has 2 N–H and O–H groups in total. The first kappa shape index (κ1) is 23.8. The number of amides is 1. The van der Waals surface area contributed by atoms with Crippen LogP contribution in [0, 0.1) is 0 Å². The van der Waals surface area contributed by atoms with E-state index >= 15 is 0 Å². The minimum absolute atomic E-state index is 0.152. The number of hydrogen-bond acceptors (Lipinski definition) is 5. The molecule has 1 atom stereocenters. The van der Waals surface area contributed by atoms with Crippen molar-refractivity contribution < 1.29 is 19.1 Å². The molecule has 4 aromatic carbocycles. The summed E-state index contributed by atoms with van der Waals surface area (Å²) in [6.45, 7) is -0.152. The lowest BCUT2D eigenvalue weighted by Crippen LogP contribution is -2.27. The highest BCUT2D eigenvalue weighted by Gasteiger charge is 2.35. The van der Waals surface area contributed by atoms with Crippen molar-refractivity contribution in [2.45, 2.75) is 25.3 Å². The lowest BCUT2D eigenvalue weighted by atomic mass is 9.77. The number of ether oxygens (including phenoxy) is 2. The van der Waals surface area contributed by atoms with Crippen LogP contribution in [0.1, 0.15) is 36.4 Å². The number of methoxy groups -OCH3 is 1. The van der Waals surface area contributed by atoms with Crippen molar-refractivity contribution in [3.8, 4) is 11.5 Å². The lowest BCUT2D eigenvalue weighted by molar-refractivity contribution is -0.118. The van der Waals surface area contributed by atoms with E-state index in [4.69, 9.17) is 9.47 Å². The summed E-state index contributed by atoms with van der Waals surface area (Å²) in [6.07, 6.45) is 2.27. The minimum Gasteiger partial charge on any atom is -0.493 e. The van der Waals surface area contributed by atoms with Gasteiger partial charge in [-0.25, -0.2) is 0 Å². The molecule has 1 aliphatic carbocycles. The third-order valence-corrected chi connectivity index (χ3v) is 7.21. The van der Waals surface area contributed by atoms with Crippen molar-refractivity contribution >= 4 is 39.4 Å². The molecular weight excluding hydrogens is 476 g/mol. The fraction of sp³-hybridized carbons (Fsp3) is 0.188. The second-order valence-electron chi connectivity index (χ2n) is 9.57. The predicted molar refractivity (Wildman–Crippen MR) is 150 cm³/mol. The van der Waals surface area contributed by atoms with Crippen LogP contribution in [0.15, 0.2) is 90.5 Å². The molecule has 0 unspecified atom stereocenters. The molecule has 0 aromatic heterocycles. The topological polar surface area (TPSA) is 76.7 Å². The second kappa shape index (κ2) is 10.1. The van der Waals surface area contributed by atoms with Gasteiger partial charge >= 0.3 is 0 Å². The van der Waals surface area contributed by atoms with E-state index in [9.17, 15) is 9.59 Å². The van der Waals surface area contributed by atoms with Gasteiger partial charge in [-0.1, -0.05) is 54.6 Å². The summed E-state index contributed by atoms with van der Waals surface area (Å²) < 4.78 is 11.4. The maximum Gasteiger partial charge on any atom is 0.262 e. The van der Waals surface area contributed by atoms with E-state index in [0.717, 1.165) is 51.6 Å². The van der Waals surface area contributed by atoms with Gasteiger partial charge in [0.15, 0.2) is 23.9 Å². The summed E-state index contributed by atoms with van der Waals surface area (Å²) >= 11 is 0. The fourth-order valence-electron chi connectivity index (χ4n) is 5.50. The van der Waals surface area contributed by atoms with E-state index < -0.39 is 0 Å². The summed E-state index contributed by atoms with van der Waals surface area (Å²) in [6, 6.07) is 27.1. The first-order valence-electron chi connectivity index (χ1n) is 12.8. The van der Waals surface area contributed by atoms with Crippen molar-refractivity contribution in [3.63, 3.8) is 0 Å². The molecule has 0 radical (unpaired) electrons. The molecular formula is C32H28N2O4. The SMILES string of the molecule is COc1cc([C@@H]2Nc3ccc4ccccc4c3C3=C2C(=O)CCC3)ccc1OCC(=O)Nc1ccccc1. The molecule has 0 fully saturated rings. The van der Waals surface area contributed by atoms with Gasteiger partial charge in [-0.05, 0) is 65.1 Å². The maximum atomic E-state index is 13.3. The molecule has 6 nitrogen and oxygen atoms in total. The van der Waals surface area contributed by atoms with Gasteiger partial charge in [-0.15, -0.1) is 0 Å². The molecule has 2 aliphatic rings. The number of fused-ring (bicyclic) bond motifs is 4. The Hall–Kier alpha value is -4.58. The molecule has 1 aliphatic heterocycles. The quantitative estimate of drug-likeness (QED) is 0.312. The molecule has 4 aromatic rings. The monoisotopic (exact) mass is 504 g/mol. The third-order valence-electron chi connectivity index (χ3n) is 7.21. The molecule has 0 saturated heterocycles. The Balaban J connectivity index is 1.31. The fourth-order valence-corrected chi connectivity index (χ4v) is 5.50. The summed E-state index contributed by atoms with van der Waals surface area (Å²) in [4.78, 5) is 25.7. The zero-order valence-corrected chi connectivity index (χ0v) is 21.1. The molecule has 1 amide bonds. The maximum absolute atomic E-state index is 13.3. The average molecular weight is 505 g/mol. The van der Waals surface area contributed by atoms with Crippen molar-refractivity contribution in [1.29, 1.82) is 0 Å². The second-order valence-corrected chi connectivity index (χ2v) is 9.57. The Labute approximate surface area is 221 Å². The molecule has 0 saturated carbocycles. The number of para-hydroxylation sites is 1. The van der Waals surface area contributed by atoms with Gasteiger partial charge in [0.1, 0.15) is 0 Å². The van der Waals surface area contributed by atoms with Gasteiger partial charge in [-0.3, -0.25) is 9.59 Å². The van der Waals surface area contributed by atoms with Gasteiger partial charge in [0.05, 0.1) is 13.2 Å². The molecule has 0 spiro atoms. The van der Waals surface area contributed by atoms with Crippen LogP contribution in [0.3, 0.4) is 0 Å². The first-order valence-corrected chi connectivity index (χ1v) is 12.8. The number of carbonyl (C=O) groups excluding carboxylic acids is 2. The number of carbonyl (C=O) groups is 2. The minimum atomic E-state index is -0.296. The third kappa shape index (κ3) is 4.39. The highest BCUT2D eigenvalue weighted by molar-refractivity contribution is 6.12. The summed E-state index contributed by atoms with van der Waals surface area (Å²) in [5, 5.41) is 8.78. The van der Waals surface area contributed by atoms with Crippen molar-refractivity contribution in [3.05, 3.63) is 102 Å². The average Bonchev–Trinajstić information content (AvgIpc) is 2.96. The number of hydrogen-bond donors (Lipinski definition) is 2. The van der Waals surface area contributed by atoms with Gasteiger partial charge in [0.25, 0.3) is 5.91 Å². The predicted octanol–water partition coefficient (Wildman–Crippen LogP) is 6.54. The Morgan fingerprint density at radius 1 is 0.947 bits per heavy atom. The zero-order chi connectivity index (χ0) is 26.1. The van der Waals surface area contributed by atoms with Crippen LogP contribution in [-0.4, -0.2) is 25.4 Å². The van der Waals surface area contributed by atoms with E-state index in [0.29, 0.717) is 23.6 Å². The van der Waals surface area contributed by atoms with Crippen LogP contribution in [0.5, 0.6) is 11.5 Å². The standard InChI is InChI=1S/C32H28N2O4/c1-37-28-18-21(15-17-27(28)38-19-29(36)33-22-9-3-2-4-10-22)32-31-24(12-7-13-26(31)35)30-23-11-6-5-8-20(23)14-16-25(30)34-32/h2-6,8-11,14-18,32,34H,7,12-13,19H2,1H3,(H,33,36)/t32-/m0/s1. The zero-order valence-electron chi connectivity index (χ0n) is 21.1. The van der Waals surface area contributed by atoms with Gasteiger partial charge in [-0.2, -0.15) is 0 Å². The first-order chi connectivity index (χ1) is 18.6. The Morgan fingerprint density at radius 3 is 2.61 bits per heavy atom. The molecule has 0 bridgehead atoms. The van der Waals surface area contributed by atoms with Crippen molar-refractivity contribution in [2.24, 2.45) is 0 Å². The lowest BCUT2D eigenvalue weighted by Gasteiger charge is -2.35. The van der Waals surface area contributed by atoms with E-state index in [-0.39, 0.29) is 24.3 Å². The Morgan fingerprint density at radius 2 is 1.76 bits per heavy atom. The van der Waals surface area contributed by atoms with Crippen molar-refractivity contribution in [1.82, 2.24) is 0 Å². The molecule has 190 valence electrons.